The van der Waals surface area contributed by atoms with Crippen LogP contribution in [0.1, 0.15) is 21.3 Å². The number of carbonyl (C=O) groups excluding carboxylic acids is 2. The van der Waals surface area contributed by atoms with Gasteiger partial charge >= 0.3 is 0 Å². The van der Waals surface area contributed by atoms with E-state index in [0.717, 1.165) is 5.56 Å². The van der Waals surface area contributed by atoms with Crippen LogP contribution in [0.4, 0.5) is 5.69 Å². The van der Waals surface area contributed by atoms with E-state index in [1.807, 2.05) is 6.07 Å². The third-order valence-corrected chi connectivity index (χ3v) is 6.55. The normalized spacial score (nSPS) is 19.2. The van der Waals surface area contributed by atoms with Gasteiger partial charge in [-0.1, -0.05) is 6.07 Å². The Morgan fingerprint density at radius 2 is 1.70 bits per heavy atom. The summed E-state index contributed by atoms with van der Waals surface area (Å²) in [6, 6.07) is 8.17. The quantitative estimate of drug-likeness (QED) is 0.754. The summed E-state index contributed by atoms with van der Waals surface area (Å²) in [5.41, 5.74) is 1.86. The first-order valence-electron chi connectivity index (χ1n) is 9.26. The molecule has 158 valence electrons. The molecule has 9 heteroatoms. The first-order chi connectivity index (χ1) is 14.5. The first kappa shape index (κ1) is 20.2. The lowest BCUT2D eigenvalue weighted by Crippen LogP contribution is -2.42. The van der Waals surface area contributed by atoms with E-state index in [9.17, 15) is 9.59 Å². The third kappa shape index (κ3) is 3.09. The maximum Gasteiger partial charge on any atom is 0.260 e. The Balaban J connectivity index is 1.59. The van der Waals surface area contributed by atoms with Gasteiger partial charge in [-0.2, -0.15) is 0 Å². The minimum absolute atomic E-state index is 0.228. The average molecular weight is 430 g/mol. The van der Waals surface area contributed by atoms with Gasteiger partial charge in [-0.05, 0) is 18.2 Å². The Bertz CT molecular complexity index is 1010. The maximum absolute atomic E-state index is 13.2. The molecular formula is C21H22N2O6S. The Kier molecular flexibility index (Phi) is 5.38. The molecule has 30 heavy (non-hydrogen) atoms. The van der Waals surface area contributed by atoms with Gasteiger partial charge < -0.3 is 29.2 Å². The van der Waals surface area contributed by atoms with Gasteiger partial charge in [0.15, 0.2) is 23.0 Å². The zero-order valence-corrected chi connectivity index (χ0v) is 17.9. The van der Waals surface area contributed by atoms with Crippen LogP contribution in [0.5, 0.6) is 23.0 Å². The topological polar surface area (TPSA) is 86.3 Å². The molecule has 2 amide bonds. The lowest BCUT2D eigenvalue weighted by Gasteiger charge is -2.22. The predicted molar refractivity (Wildman–Crippen MR) is 113 cm³/mol. The van der Waals surface area contributed by atoms with Crippen LogP contribution in [0.3, 0.4) is 0 Å². The van der Waals surface area contributed by atoms with Crippen LogP contribution < -0.4 is 24.3 Å². The fourth-order valence-electron chi connectivity index (χ4n) is 3.83. The summed E-state index contributed by atoms with van der Waals surface area (Å²) in [7, 11) is 6.11. The highest BCUT2D eigenvalue weighted by atomic mass is 32.2. The van der Waals surface area contributed by atoms with Gasteiger partial charge in [0, 0.05) is 23.1 Å². The smallest absolute Gasteiger partial charge is 0.260 e. The minimum Gasteiger partial charge on any atom is -0.493 e. The van der Waals surface area contributed by atoms with Gasteiger partial charge in [-0.25, -0.2) is 0 Å². The van der Waals surface area contributed by atoms with Gasteiger partial charge in [-0.15, -0.1) is 11.8 Å². The van der Waals surface area contributed by atoms with Gasteiger partial charge in [-0.3, -0.25) is 9.59 Å². The third-order valence-electron chi connectivity index (χ3n) is 5.25. The van der Waals surface area contributed by atoms with Gasteiger partial charge in [0.25, 0.3) is 5.91 Å². The molecule has 2 aliphatic heterocycles. The van der Waals surface area contributed by atoms with Crippen molar-refractivity contribution in [2.75, 3.05) is 39.5 Å². The summed E-state index contributed by atoms with van der Waals surface area (Å²) in [5.74, 6) is 1.97. The number of thioether (sulfide) groups is 1. The molecule has 2 aromatic rings. The van der Waals surface area contributed by atoms with Crippen molar-refractivity contribution >= 4 is 29.3 Å². The van der Waals surface area contributed by atoms with Crippen LogP contribution in [0.2, 0.25) is 0 Å². The molecule has 2 aromatic carbocycles. The predicted octanol–water partition coefficient (Wildman–Crippen LogP) is 2.93. The monoisotopic (exact) mass is 430 g/mol. The molecule has 0 aliphatic carbocycles. The molecule has 0 aromatic heterocycles. The molecule has 1 fully saturated rings. The highest BCUT2D eigenvalue weighted by Crippen LogP contribution is 2.52. The van der Waals surface area contributed by atoms with E-state index in [0.29, 0.717) is 40.0 Å². The van der Waals surface area contributed by atoms with Crippen molar-refractivity contribution in [2.45, 2.75) is 11.4 Å². The van der Waals surface area contributed by atoms with Crippen molar-refractivity contribution in [3.05, 3.63) is 41.5 Å². The maximum atomic E-state index is 13.2. The van der Waals surface area contributed by atoms with Crippen molar-refractivity contribution in [1.82, 2.24) is 4.90 Å². The number of hydrogen-bond acceptors (Lipinski definition) is 7. The first-order valence-corrected chi connectivity index (χ1v) is 10.3. The molecule has 8 nitrogen and oxygen atoms in total. The van der Waals surface area contributed by atoms with E-state index in [-0.39, 0.29) is 17.2 Å². The molecule has 0 unspecified atom stereocenters. The molecule has 1 saturated heterocycles. The molecule has 2 atom stereocenters. The second-order valence-electron chi connectivity index (χ2n) is 6.74. The van der Waals surface area contributed by atoms with E-state index in [1.165, 1.54) is 21.3 Å². The number of nitrogens with zero attached hydrogens (tertiary/aromatic N) is 1. The molecule has 0 saturated carbocycles. The van der Waals surface area contributed by atoms with E-state index >= 15 is 0 Å². The summed E-state index contributed by atoms with van der Waals surface area (Å²) in [6.45, 7) is 0. The van der Waals surface area contributed by atoms with Crippen LogP contribution in [0.25, 0.3) is 0 Å². The number of carbonyl (C=O) groups is 2. The zero-order chi connectivity index (χ0) is 21.4. The minimum atomic E-state index is -0.608. The Morgan fingerprint density at radius 1 is 1.00 bits per heavy atom. The Morgan fingerprint density at radius 3 is 2.37 bits per heavy atom. The number of rotatable bonds is 6. The molecule has 1 N–H and O–H groups in total. The number of anilines is 1. The van der Waals surface area contributed by atoms with Gasteiger partial charge in [0.2, 0.25) is 5.91 Å². The second kappa shape index (κ2) is 7.98. The zero-order valence-electron chi connectivity index (χ0n) is 17.1. The van der Waals surface area contributed by atoms with Crippen LogP contribution in [0.15, 0.2) is 30.3 Å². The number of fused-ring (bicyclic) bond motifs is 3. The average Bonchev–Trinajstić information content (AvgIpc) is 3.32. The van der Waals surface area contributed by atoms with Crippen LogP contribution in [-0.4, -0.2) is 56.9 Å². The molecule has 4 rings (SSSR count). The molecular weight excluding hydrogens is 408 g/mol. The van der Waals surface area contributed by atoms with E-state index in [1.54, 1.807) is 48.0 Å². The molecule has 0 spiro atoms. The number of nitrogens with one attached hydrogen (secondary N) is 1. The highest BCUT2D eigenvalue weighted by Gasteiger charge is 2.50. The van der Waals surface area contributed by atoms with Crippen molar-refractivity contribution in [3.63, 3.8) is 0 Å². The van der Waals surface area contributed by atoms with Crippen molar-refractivity contribution in [1.29, 1.82) is 0 Å². The van der Waals surface area contributed by atoms with E-state index in [4.69, 9.17) is 18.9 Å². The summed E-state index contributed by atoms with van der Waals surface area (Å²) in [4.78, 5) is 27.9. The van der Waals surface area contributed by atoms with E-state index in [2.05, 4.69) is 5.32 Å². The largest absolute Gasteiger partial charge is 0.493 e. The number of amides is 2. The van der Waals surface area contributed by atoms with Gasteiger partial charge in [0.05, 0.1) is 34.0 Å². The number of benzene rings is 2. The lowest BCUT2D eigenvalue weighted by atomic mass is 10.1. The highest BCUT2D eigenvalue weighted by molar-refractivity contribution is 7.99. The second-order valence-corrected chi connectivity index (χ2v) is 7.85. The summed E-state index contributed by atoms with van der Waals surface area (Å²) in [6.07, 6.45) is 0. The fourth-order valence-corrected chi connectivity index (χ4v) is 5.29. The SMILES string of the molecule is COc1ccc(NC(=O)[C@@H]2CS[C@H]3c4ccc(OC)c(OC)c4C(=O)N23)cc1OC. The van der Waals surface area contributed by atoms with E-state index < -0.39 is 6.04 Å². The summed E-state index contributed by atoms with van der Waals surface area (Å²) in [5, 5.41) is 2.66. The molecule has 2 aliphatic rings. The Hall–Kier alpha value is -3.07. The number of ether oxygens (including phenoxy) is 4. The lowest BCUT2D eigenvalue weighted by molar-refractivity contribution is -0.119. The summed E-state index contributed by atoms with van der Waals surface area (Å²) < 4.78 is 21.3. The molecule has 0 bridgehead atoms. The fraction of sp³-hybridized carbons (Fsp3) is 0.333. The number of hydrogen-bond donors (Lipinski definition) is 1. The number of methoxy groups -OCH3 is 4. The van der Waals surface area contributed by atoms with Gasteiger partial charge in [0.1, 0.15) is 11.4 Å². The van der Waals surface area contributed by atoms with Crippen molar-refractivity contribution in [2.24, 2.45) is 0 Å². The Labute approximate surface area is 178 Å². The van der Waals surface area contributed by atoms with Crippen LogP contribution in [-0.2, 0) is 4.79 Å². The molecule has 0 radical (unpaired) electrons. The summed E-state index contributed by atoms with van der Waals surface area (Å²) >= 11 is 1.56. The van der Waals surface area contributed by atoms with Crippen LogP contribution >= 0.6 is 11.8 Å². The van der Waals surface area contributed by atoms with Crippen LogP contribution in [0, 0.1) is 0 Å². The molecule has 2 heterocycles. The van der Waals surface area contributed by atoms with Crippen molar-refractivity contribution in [3.8, 4) is 23.0 Å². The van der Waals surface area contributed by atoms with Crippen molar-refractivity contribution < 1.29 is 28.5 Å². The standard InChI is InChI=1S/C21H22N2O6S/c1-26-14-7-5-11(9-16(14)28-3)22-19(24)13-10-30-21-12-6-8-15(27-2)18(29-4)17(12)20(25)23(13)21/h5-9,13,21H,10H2,1-4H3,(H,22,24)/t13-,21-/m0/s1.